The van der Waals surface area contributed by atoms with Gasteiger partial charge in [-0.25, -0.2) is 9.97 Å². The van der Waals surface area contributed by atoms with Crippen LogP contribution in [0, 0.1) is 0 Å². The van der Waals surface area contributed by atoms with Gasteiger partial charge in [0.1, 0.15) is 5.69 Å². The summed E-state index contributed by atoms with van der Waals surface area (Å²) in [5.41, 5.74) is 2.42. The molecular formula is C19H27N5O. The van der Waals surface area contributed by atoms with Gasteiger partial charge < -0.3 is 15.1 Å². The van der Waals surface area contributed by atoms with Crippen LogP contribution in [0.2, 0.25) is 0 Å². The summed E-state index contributed by atoms with van der Waals surface area (Å²) >= 11 is 0. The monoisotopic (exact) mass is 341 g/mol. The minimum Gasteiger partial charge on any atom is -0.378 e. The van der Waals surface area contributed by atoms with Crippen molar-refractivity contribution in [2.45, 2.75) is 26.7 Å². The lowest BCUT2D eigenvalue weighted by Gasteiger charge is -2.21. The van der Waals surface area contributed by atoms with Gasteiger partial charge in [-0.05, 0) is 43.2 Å². The molecule has 6 heteroatoms. The number of hydrogen-bond acceptors (Lipinski definition) is 5. The van der Waals surface area contributed by atoms with Crippen molar-refractivity contribution in [3.63, 3.8) is 0 Å². The molecule has 1 aromatic carbocycles. The van der Waals surface area contributed by atoms with E-state index >= 15 is 0 Å². The van der Waals surface area contributed by atoms with Crippen molar-refractivity contribution in [3.05, 3.63) is 42.2 Å². The normalized spacial score (nSPS) is 10.4. The molecular weight excluding hydrogens is 314 g/mol. The first kappa shape index (κ1) is 18.7. The van der Waals surface area contributed by atoms with Crippen LogP contribution in [-0.2, 0) is 0 Å². The summed E-state index contributed by atoms with van der Waals surface area (Å²) in [4.78, 5) is 25.1. The van der Waals surface area contributed by atoms with Gasteiger partial charge in [-0.15, -0.1) is 0 Å². The third kappa shape index (κ3) is 5.17. The number of benzene rings is 1. The van der Waals surface area contributed by atoms with Crippen molar-refractivity contribution in [3.8, 4) is 0 Å². The average Bonchev–Trinajstić information content (AvgIpc) is 2.61. The molecule has 1 N–H and O–H groups in total. The molecule has 0 aliphatic carbocycles. The van der Waals surface area contributed by atoms with Gasteiger partial charge in [-0.1, -0.05) is 13.8 Å². The first-order valence-corrected chi connectivity index (χ1v) is 8.71. The maximum atomic E-state index is 12.7. The highest BCUT2D eigenvalue weighted by molar-refractivity contribution is 5.92. The number of rotatable bonds is 8. The Kier molecular flexibility index (Phi) is 6.74. The summed E-state index contributed by atoms with van der Waals surface area (Å²) in [7, 11) is 4.00. The van der Waals surface area contributed by atoms with Crippen LogP contribution in [-0.4, -0.2) is 48.0 Å². The van der Waals surface area contributed by atoms with Crippen LogP contribution in [0.5, 0.6) is 0 Å². The summed E-state index contributed by atoms with van der Waals surface area (Å²) in [6.45, 7) is 5.62. The van der Waals surface area contributed by atoms with E-state index in [1.54, 1.807) is 12.3 Å². The van der Waals surface area contributed by atoms with E-state index in [9.17, 15) is 4.79 Å². The number of nitrogens with one attached hydrogen (secondary N) is 1. The zero-order chi connectivity index (χ0) is 18.2. The molecule has 0 unspecified atom stereocenters. The maximum Gasteiger partial charge on any atom is 0.272 e. The minimum absolute atomic E-state index is 0.0443. The fourth-order valence-corrected chi connectivity index (χ4v) is 2.53. The zero-order valence-electron chi connectivity index (χ0n) is 15.5. The minimum atomic E-state index is -0.0443. The fourth-order valence-electron chi connectivity index (χ4n) is 2.53. The molecule has 6 nitrogen and oxygen atoms in total. The largest absolute Gasteiger partial charge is 0.378 e. The van der Waals surface area contributed by atoms with E-state index in [1.807, 2.05) is 48.2 Å². The van der Waals surface area contributed by atoms with Crippen molar-refractivity contribution in [1.29, 1.82) is 0 Å². The van der Waals surface area contributed by atoms with Crippen LogP contribution in [0.4, 0.5) is 17.3 Å². The Morgan fingerprint density at radius 1 is 1.04 bits per heavy atom. The smallest absolute Gasteiger partial charge is 0.272 e. The number of carbonyl (C=O) groups excluding carboxylic acids is 1. The van der Waals surface area contributed by atoms with Crippen LogP contribution in [0.1, 0.15) is 37.2 Å². The highest BCUT2D eigenvalue weighted by atomic mass is 16.2. The van der Waals surface area contributed by atoms with E-state index in [0.717, 1.165) is 37.3 Å². The van der Waals surface area contributed by atoms with Gasteiger partial charge in [0.15, 0.2) is 0 Å². The fraction of sp³-hybridized carbons (Fsp3) is 0.421. The molecule has 1 aromatic heterocycles. The van der Waals surface area contributed by atoms with Crippen molar-refractivity contribution in [2.24, 2.45) is 0 Å². The second kappa shape index (κ2) is 9.01. The summed E-state index contributed by atoms with van der Waals surface area (Å²) in [5, 5.41) is 3.16. The number of anilines is 3. The second-order valence-electron chi connectivity index (χ2n) is 6.12. The Hall–Kier alpha value is -2.63. The van der Waals surface area contributed by atoms with E-state index in [0.29, 0.717) is 11.6 Å². The van der Waals surface area contributed by atoms with Crippen LogP contribution < -0.4 is 10.2 Å². The van der Waals surface area contributed by atoms with Crippen molar-refractivity contribution >= 4 is 23.2 Å². The Morgan fingerprint density at radius 2 is 1.68 bits per heavy atom. The summed E-state index contributed by atoms with van der Waals surface area (Å²) in [5.74, 6) is 0.383. The number of aromatic nitrogens is 2. The predicted molar refractivity (Wildman–Crippen MR) is 103 cm³/mol. The molecule has 2 rings (SSSR count). The van der Waals surface area contributed by atoms with E-state index in [1.165, 1.54) is 0 Å². The van der Waals surface area contributed by atoms with Gasteiger partial charge in [-0.3, -0.25) is 4.79 Å². The molecule has 0 bridgehead atoms. The summed E-state index contributed by atoms with van der Waals surface area (Å²) in [6, 6.07) is 9.63. The average molecular weight is 341 g/mol. The molecule has 134 valence electrons. The number of nitrogens with zero attached hydrogens (tertiary/aromatic N) is 4. The molecule has 0 saturated carbocycles. The van der Waals surface area contributed by atoms with E-state index in [2.05, 4.69) is 29.1 Å². The molecule has 1 amide bonds. The first-order valence-electron chi connectivity index (χ1n) is 8.71. The molecule has 0 aliphatic rings. The molecule has 0 fully saturated rings. The SMILES string of the molecule is CCCN(CCC)C(=O)c1ccnc(Nc2ccc(N(C)C)cc2)n1. The van der Waals surface area contributed by atoms with Crippen LogP contribution in [0.25, 0.3) is 0 Å². The Labute approximate surface area is 149 Å². The Bertz CT molecular complexity index is 678. The molecule has 0 spiro atoms. The number of carbonyl (C=O) groups is 1. The standard InChI is InChI=1S/C19H27N5O/c1-5-13-24(14-6-2)18(25)17-11-12-20-19(22-17)21-15-7-9-16(10-8-15)23(3)4/h7-12H,5-6,13-14H2,1-4H3,(H,20,21,22). The third-order valence-corrected chi connectivity index (χ3v) is 3.79. The topological polar surface area (TPSA) is 61.4 Å². The van der Waals surface area contributed by atoms with Crippen LogP contribution in [0.15, 0.2) is 36.5 Å². The molecule has 0 radical (unpaired) electrons. The summed E-state index contributed by atoms with van der Waals surface area (Å²) < 4.78 is 0. The number of hydrogen-bond donors (Lipinski definition) is 1. The third-order valence-electron chi connectivity index (χ3n) is 3.79. The Balaban J connectivity index is 2.13. The second-order valence-corrected chi connectivity index (χ2v) is 6.12. The van der Waals surface area contributed by atoms with Gasteiger partial charge in [0.25, 0.3) is 5.91 Å². The van der Waals surface area contributed by atoms with E-state index in [-0.39, 0.29) is 5.91 Å². The molecule has 0 saturated heterocycles. The maximum absolute atomic E-state index is 12.7. The predicted octanol–water partition coefficient (Wildman–Crippen LogP) is 3.55. The van der Waals surface area contributed by atoms with Gasteiger partial charge in [0.2, 0.25) is 5.95 Å². The molecule has 0 atom stereocenters. The van der Waals surface area contributed by atoms with Crippen molar-refractivity contribution in [1.82, 2.24) is 14.9 Å². The lowest BCUT2D eigenvalue weighted by Crippen LogP contribution is -2.33. The van der Waals surface area contributed by atoms with E-state index < -0.39 is 0 Å². The van der Waals surface area contributed by atoms with Gasteiger partial charge >= 0.3 is 0 Å². The van der Waals surface area contributed by atoms with Crippen molar-refractivity contribution in [2.75, 3.05) is 37.4 Å². The van der Waals surface area contributed by atoms with Gasteiger partial charge in [0.05, 0.1) is 0 Å². The van der Waals surface area contributed by atoms with Crippen LogP contribution in [0.3, 0.4) is 0 Å². The lowest BCUT2D eigenvalue weighted by atomic mass is 10.2. The molecule has 2 aromatic rings. The quantitative estimate of drug-likeness (QED) is 0.795. The molecule has 25 heavy (non-hydrogen) atoms. The number of amides is 1. The van der Waals surface area contributed by atoms with E-state index in [4.69, 9.17) is 0 Å². The van der Waals surface area contributed by atoms with Crippen LogP contribution >= 0.6 is 0 Å². The first-order chi connectivity index (χ1) is 12.0. The zero-order valence-corrected chi connectivity index (χ0v) is 15.5. The summed E-state index contributed by atoms with van der Waals surface area (Å²) in [6.07, 6.45) is 3.48. The lowest BCUT2D eigenvalue weighted by molar-refractivity contribution is 0.0749. The highest BCUT2D eigenvalue weighted by Gasteiger charge is 2.16. The van der Waals surface area contributed by atoms with Gasteiger partial charge in [0, 0.05) is 44.8 Å². The highest BCUT2D eigenvalue weighted by Crippen LogP contribution is 2.18. The molecule has 0 aliphatic heterocycles. The molecule has 1 heterocycles. The van der Waals surface area contributed by atoms with Crippen molar-refractivity contribution < 1.29 is 4.79 Å². The van der Waals surface area contributed by atoms with Gasteiger partial charge in [-0.2, -0.15) is 0 Å². The Morgan fingerprint density at radius 3 is 2.24 bits per heavy atom.